The normalized spacial score (nSPS) is 15.8. The molecule has 1 heterocycles. The molecule has 0 bridgehead atoms. The fraction of sp³-hybridized carbons (Fsp3) is 0.438. The van der Waals surface area contributed by atoms with Crippen molar-refractivity contribution in [3.8, 4) is 11.3 Å². The first kappa shape index (κ1) is 14.1. The van der Waals surface area contributed by atoms with Crippen LogP contribution in [-0.4, -0.2) is 10.2 Å². The van der Waals surface area contributed by atoms with Crippen LogP contribution in [-0.2, 0) is 12.3 Å². The van der Waals surface area contributed by atoms with Crippen LogP contribution in [0.2, 0.25) is 0 Å². The molecule has 0 spiro atoms. The van der Waals surface area contributed by atoms with Gasteiger partial charge in [-0.2, -0.15) is 11.8 Å². The molecule has 3 rings (SSSR count). The number of benzene rings is 1. The van der Waals surface area contributed by atoms with E-state index in [1.54, 1.807) is 11.3 Å². The Balaban J connectivity index is 1.62. The number of rotatable bonds is 5. The fourth-order valence-electron chi connectivity index (χ4n) is 2.57. The van der Waals surface area contributed by atoms with Crippen LogP contribution in [0.1, 0.15) is 36.3 Å². The monoisotopic (exact) mass is 304 g/mol. The highest BCUT2D eigenvalue weighted by Gasteiger charge is 2.16. The van der Waals surface area contributed by atoms with Crippen molar-refractivity contribution in [3.63, 3.8) is 0 Å². The summed E-state index contributed by atoms with van der Waals surface area (Å²) in [7, 11) is 0. The van der Waals surface area contributed by atoms with Crippen LogP contribution in [0.3, 0.4) is 0 Å². The number of thioether (sulfide) groups is 1. The number of nitrogens with zero attached hydrogens (tertiary/aromatic N) is 1. The molecule has 4 heteroatoms. The molecule has 1 aliphatic carbocycles. The van der Waals surface area contributed by atoms with E-state index < -0.39 is 0 Å². The van der Waals surface area contributed by atoms with Crippen LogP contribution < -0.4 is 5.73 Å². The third kappa shape index (κ3) is 3.43. The van der Waals surface area contributed by atoms with Crippen molar-refractivity contribution >= 4 is 23.1 Å². The molecule has 0 atom stereocenters. The van der Waals surface area contributed by atoms with Crippen LogP contribution in [0.15, 0.2) is 29.6 Å². The molecule has 2 aromatic rings. The van der Waals surface area contributed by atoms with Crippen molar-refractivity contribution in [1.82, 2.24) is 4.98 Å². The van der Waals surface area contributed by atoms with Crippen molar-refractivity contribution in [3.05, 3.63) is 40.2 Å². The minimum absolute atomic E-state index is 0.598. The Morgan fingerprint density at radius 1 is 1.20 bits per heavy atom. The molecule has 0 aliphatic heterocycles. The van der Waals surface area contributed by atoms with E-state index in [1.807, 2.05) is 0 Å². The largest absolute Gasteiger partial charge is 0.326 e. The van der Waals surface area contributed by atoms with Crippen molar-refractivity contribution in [2.45, 2.75) is 43.2 Å². The zero-order valence-electron chi connectivity index (χ0n) is 11.5. The lowest BCUT2D eigenvalue weighted by Gasteiger charge is -2.05. The van der Waals surface area contributed by atoms with E-state index >= 15 is 0 Å². The first-order chi connectivity index (χ1) is 9.85. The Morgan fingerprint density at radius 3 is 2.65 bits per heavy atom. The van der Waals surface area contributed by atoms with Gasteiger partial charge in [0.15, 0.2) is 0 Å². The molecule has 20 heavy (non-hydrogen) atoms. The lowest BCUT2D eigenvalue weighted by atomic mass is 10.1. The highest BCUT2D eigenvalue weighted by Crippen LogP contribution is 2.33. The SMILES string of the molecule is NCc1ccc(-c2csc(CSC3CCCC3)n2)cc1. The van der Waals surface area contributed by atoms with Crippen LogP contribution in [0.5, 0.6) is 0 Å². The van der Waals surface area contributed by atoms with Crippen LogP contribution >= 0.6 is 23.1 Å². The average molecular weight is 304 g/mol. The Labute approximate surface area is 128 Å². The van der Waals surface area contributed by atoms with Gasteiger partial charge in [0.1, 0.15) is 5.01 Å². The van der Waals surface area contributed by atoms with E-state index in [1.165, 1.54) is 41.8 Å². The summed E-state index contributed by atoms with van der Waals surface area (Å²) in [6, 6.07) is 8.40. The Bertz CT molecular complexity index is 542. The van der Waals surface area contributed by atoms with Crippen LogP contribution in [0.25, 0.3) is 11.3 Å². The zero-order valence-corrected chi connectivity index (χ0v) is 13.2. The van der Waals surface area contributed by atoms with E-state index in [2.05, 4.69) is 41.4 Å². The van der Waals surface area contributed by atoms with Crippen molar-refractivity contribution < 1.29 is 0 Å². The minimum atomic E-state index is 0.598. The number of hydrogen-bond donors (Lipinski definition) is 1. The predicted octanol–water partition coefficient (Wildman–Crippen LogP) is 4.44. The maximum Gasteiger partial charge on any atom is 0.103 e. The van der Waals surface area contributed by atoms with Crippen molar-refractivity contribution in [1.29, 1.82) is 0 Å². The summed E-state index contributed by atoms with van der Waals surface area (Å²) >= 11 is 3.86. The van der Waals surface area contributed by atoms with Gasteiger partial charge in [0, 0.05) is 28.5 Å². The van der Waals surface area contributed by atoms with Gasteiger partial charge in [-0.3, -0.25) is 0 Å². The van der Waals surface area contributed by atoms with E-state index in [9.17, 15) is 0 Å². The molecule has 0 unspecified atom stereocenters. The second kappa shape index (κ2) is 6.74. The zero-order chi connectivity index (χ0) is 13.8. The average Bonchev–Trinajstić information content (AvgIpc) is 3.17. The first-order valence-corrected chi connectivity index (χ1v) is 9.13. The van der Waals surface area contributed by atoms with E-state index in [0.717, 1.165) is 16.7 Å². The van der Waals surface area contributed by atoms with Gasteiger partial charge in [0.05, 0.1) is 5.69 Å². The van der Waals surface area contributed by atoms with Crippen molar-refractivity contribution in [2.24, 2.45) is 5.73 Å². The molecule has 1 saturated carbocycles. The van der Waals surface area contributed by atoms with Gasteiger partial charge >= 0.3 is 0 Å². The molecular formula is C16H20N2S2. The summed E-state index contributed by atoms with van der Waals surface area (Å²) in [5.74, 6) is 1.07. The third-order valence-corrected chi connectivity index (χ3v) is 6.20. The van der Waals surface area contributed by atoms with E-state index in [-0.39, 0.29) is 0 Å². The molecule has 0 radical (unpaired) electrons. The summed E-state index contributed by atoms with van der Waals surface area (Å²) in [5.41, 5.74) is 9.08. The quantitative estimate of drug-likeness (QED) is 0.887. The van der Waals surface area contributed by atoms with Crippen LogP contribution in [0.4, 0.5) is 0 Å². The second-order valence-corrected chi connectivity index (χ2v) is 7.48. The predicted molar refractivity (Wildman–Crippen MR) is 89.0 cm³/mol. The van der Waals surface area contributed by atoms with Gasteiger partial charge in [-0.15, -0.1) is 11.3 Å². The minimum Gasteiger partial charge on any atom is -0.326 e. The number of aromatic nitrogens is 1. The molecule has 2 nitrogen and oxygen atoms in total. The molecular weight excluding hydrogens is 284 g/mol. The molecule has 1 aromatic heterocycles. The lowest BCUT2D eigenvalue weighted by Crippen LogP contribution is -1.95. The highest BCUT2D eigenvalue weighted by molar-refractivity contribution is 7.99. The number of nitrogens with two attached hydrogens (primary N) is 1. The maximum atomic E-state index is 5.63. The smallest absolute Gasteiger partial charge is 0.103 e. The summed E-state index contributed by atoms with van der Waals surface area (Å²) in [6.45, 7) is 0.598. The first-order valence-electron chi connectivity index (χ1n) is 7.20. The Hall–Kier alpha value is -0.840. The lowest BCUT2D eigenvalue weighted by molar-refractivity contribution is 0.886. The summed E-state index contributed by atoms with van der Waals surface area (Å²) in [5, 5.41) is 4.29. The highest BCUT2D eigenvalue weighted by atomic mass is 32.2. The molecule has 2 N–H and O–H groups in total. The van der Waals surface area contributed by atoms with Crippen LogP contribution in [0, 0.1) is 0 Å². The van der Waals surface area contributed by atoms with Gasteiger partial charge in [-0.05, 0) is 18.4 Å². The molecule has 106 valence electrons. The fourth-order valence-corrected chi connectivity index (χ4v) is 4.74. The van der Waals surface area contributed by atoms with Gasteiger partial charge in [0.25, 0.3) is 0 Å². The molecule has 0 amide bonds. The maximum absolute atomic E-state index is 5.63. The molecule has 1 fully saturated rings. The Morgan fingerprint density at radius 2 is 1.95 bits per heavy atom. The molecule has 1 aliphatic rings. The van der Waals surface area contributed by atoms with E-state index in [0.29, 0.717) is 6.54 Å². The molecule has 0 saturated heterocycles. The van der Waals surface area contributed by atoms with Gasteiger partial charge in [-0.25, -0.2) is 4.98 Å². The van der Waals surface area contributed by atoms with Crippen molar-refractivity contribution in [2.75, 3.05) is 0 Å². The van der Waals surface area contributed by atoms with Gasteiger partial charge in [0.2, 0.25) is 0 Å². The van der Waals surface area contributed by atoms with E-state index in [4.69, 9.17) is 10.7 Å². The molecule has 1 aromatic carbocycles. The third-order valence-electron chi connectivity index (χ3n) is 3.78. The topological polar surface area (TPSA) is 38.9 Å². The Kier molecular flexibility index (Phi) is 4.76. The summed E-state index contributed by atoms with van der Waals surface area (Å²) in [4.78, 5) is 4.76. The summed E-state index contributed by atoms with van der Waals surface area (Å²) in [6.07, 6.45) is 5.61. The standard InChI is InChI=1S/C16H20N2S2/c17-9-12-5-7-13(8-6-12)15-10-20-16(18-15)11-19-14-3-1-2-4-14/h5-8,10,14H,1-4,9,11,17H2. The van der Waals surface area contributed by atoms with Gasteiger partial charge in [-0.1, -0.05) is 37.1 Å². The summed E-state index contributed by atoms with van der Waals surface area (Å²) < 4.78 is 0. The number of thiazole rings is 1. The second-order valence-electron chi connectivity index (χ2n) is 5.25. The number of hydrogen-bond acceptors (Lipinski definition) is 4. The van der Waals surface area contributed by atoms with Gasteiger partial charge < -0.3 is 5.73 Å².